The van der Waals surface area contributed by atoms with Crippen molar-refractivity contribution in [3.63, 3.8) is 0 Å². The lowest BCUT2D eigenvalue weighted by atomic mass is 9.76. The molecule has 1 heterocycles. The molecule has 0 radical (unpaired) electrons. The highest BCUT2D eigenvalue weighted by Crippen LogP contribution is 2.44. The first-order valence-corrected chi connectivity index (χ1v) is 11.0. The van der Waals surface area contributed by atoms with Crippen LogP contribution in [0.1, 0.15) is 105 Å². The molecule has 1 rings (SSSR count). The van der Waals surface area contributed by atoms with E-state index < -0.39 is 0 Å². The van der Waals surface area contributed by atoms with Gasteiger partial charge in [0.2, 0.25) is 0 Å². The molecule has 0 bridgehead atoms. The Kier molecular flexibility index (Phi) is 10.8. The van der Waals surface area contributed by atoms with Crippen LogP contribution in [0, 0.1) is 0 Å². The van der Waals surface area contributed by atoms with E-state index in [-0.39, 0.29) is 23.4 Å². The Labute approximate surface area is 163 Å². The fourth-order valence-electron chi connectivity index (χ4n) is 4.12. The van der Waals surface area contributed by atoms with E-state index in [4.69, 9.17) is 9.47 Å². The van der Waals surface area contributed by atoms with E-state index in [1.54, 1.807) is 0 Å². The van der Waals surface area contributed by atoms with Crippen LogP contribution in [0.2, 0.25) is 0 Å². The minimum atomic E-state index is -0.182. The summed E-state index contributed by atoms with van der Waals surface area (Å²) in [6.45, 7) is 16.5. The first-order chi connectivity index (χ1) is 12.4. The molecule has 2 nitrogen and oxygen atoms in total. The molecule has 1 fully saturated rings. The van der Waals surface area contributed by atoms with E-state index in [0.29, 0.717) is 0 Å². The largest absolute Gasteiger partial charge is 0.367 e. The van der Waals surface area contributed by atoms with Gasteiger partial charge in [-0.05, 0) is 66.2 Å². The molecule has 1 aliphatic heterocycles. The van der Waals surface area contributed by atoms with Crippen LogP contribution in [-0.4, -0.2) is 23.4 Å². The SMILES string of the molecule is C=CCCCCCCC1(C)OC(C)C(C)OC1(C)CCCCCCC=C. The second kappa shape index (κ2) is 12.0. The van der Waals surface area contributed by atoms with E-state index >= 15 is 0 Å². The number of hydrogen-bond acceptors (Lipinski definition) is 2. The maximum absolute atomic E-state index is 6.57. The smallest absolute Gasteiger partial charge is 0.0945 e. The summed E-state index contributed by atoms with van der Waals surface area (Å²) in [4.78, 5) is 0. The van der Waals surface area contributed by atoms with Gasteiger partial charge in [0.15, 0.2) is 0 Å². The van der Waals surface area contributed by atoms with Gasteiger partial charge in [-0.1, -0.05) is 50.7 Å². The Hall–Kier alpha value is -0.600. The summed E-state index contributed by atoms with van der Waals surface area (Å²) < 4.78 is 13.1. The average molecular weight is 365 g/mol. The molecule has 26 heavy (non-hydrogen) atoms. The molecule has 152 valence electrons. The van der Waals surface area contributed by atoms with Crippen LogP contribution in [0.15, 0.2) is 25.3 Å². The summed E-state index contributed by atoms with van der Waals surface area (Å²) in [6.07, 6.45) is 18.9. The number of unbranched alkanes of at least 4 members (excludes halogenated alkanes) is 8. The topological polar surface area (TPSA) is 18.5 Å². The zero-order valence-corrected chi connectivity index (χ0v) is 18.0. The minimum Gasteiger partial charge on any atom is -0.367 e. The number of rotatable bonds is 14. The number of ether oxygens (including phenoxy) is 2. The molecule has 0 amide bonds. The van der Waals surface area contributed by atoms with E-state index in [0.717, 1.165) is 25.7 Å². The lowest BCUT2D eigenvalue weighted by molar-refractivity contribution is -0.303. The number of hydrogen-bond donors (Lipinski definition) is 0. The molecule has 4 atom stereocenters. The van der Waals surface area contributed by atoms with Crippen molar-refractivity contribution in [3.05, 3.63) is 25.3 Å². The van der Waals surface area contributed by atoms with Crippen LogP contribution >= 0.6 is 0 Å². The summed E-state index contributed by atoms with van der Waals surface area (Å²) >= 11 is 0. The lowest BCUT2D eigenvalue weighted by Gasteiger charge is -2.54. The molecule has 1 aliphatic rings. The second-order valence-corrected chi connectivity index (χ2v) is 8.59. The molecule has 0 spiro atoms. The molecule has 0 aliphatic carbocycles. The highest BCUT2D eigenvalue weighted by molar-refractivity contribution is 5.01. The van der Waals surface area contributed by atoms with E-state index in [1.807, 2.05) is 12.2 Å². The fraction of sp³-hybridized carbons (Fsp3) is 0.833. The first-order valence-electron chi connectivity index (χ1n) is 11.0. The van der Waals surface area contributed by atoms with Crippen molar-refractivity contribution in [1.82, 2.24) is 0 Å². The monoisotopic (exact) mass is 364 g/mol. The van der Waals surface area contributed by atoms with Crippen LogP contribution in [0.4, 0.5) is 0 Å². The van der Waals surface area contributed by atoms with Crippen molar-refractivity contribution in [3.8, 4) is 0 Å². The minimum absolute atomic E-state index is 0.168. The summed E-state index contributed by atoms with van der Waals surface area (Å²) in [5.41, 5.74) is -0.364. The first kappa shape index (κ1) is 23.4. The Balaban J connectivity index is 2.54. The van der Waals surface area contributed by atoms with Gasteiger partial charge in [-0.15, -0.1) is 13.2 Å². The van der Waals surface area contributed by atoms with Gasteiger partial charge in [0.25, 0.3) is 0 Å². The van der Waals surface area contributed by atoms with Crippen LogP contribution in [0.5, 0.6) is 0 Å². The van der Waals surface area contributed by atoms with Gasteiger partial charge < -0.3 is 9.47 Å². The van der Waals surface area contributed by atoms with Crippen molar-refractivity contribution in [2.45, 2.75) is 128 Å². The second-order valence-electron chi connectivity index (χ2n) is 8.59. The van der Waals surface area contributed by atoms with Crippen molar-refractivity contribution in [2.24, 2.45) is 0 Å². The van der Waals surface area contributed by atoms with Gasteiger partial charge in [-0.3, -0.25) is 0 Å². The lowest BCUT2D eigenvalue weighted by Crippen LogP contribution is -2.62. The van der Waals surface area contributed by atoms with Crippen LogP contribution in [0.3, 0.4) is 0 Å². The standard InChI is InChI=1S/C24H44O2/c1-7-9-11-13-15-17-19-23(5)24(6,26-22(4)21(3)25-23)20-18-16-14-12-10-8-2/h7-8,21-22H,1-2,9-20H2,3-6H3. The van der Waals surface area contributed by atoms with E-state index in [2.05, 4.69) is 40.9 Å². The molecule has 1 saturated heterocycles. The normalized spacial score (nSPS) is 31.7. The molecule has 2 heteroatoms. The van der Waals surface area contributed by atoms with Crippen LogP contribution < -0.4 is 0 Å². The number of allylic oxidation sites excluding steroid dienone is 2. The van der Waals surface area contributed by atoms with Crippen molar-refractivity contribution >= 4 is 0 Å². The third-order valence-electron chi connectivity index (χ3n) is 6.30. The van der Waals surface area contributed by atoms with Gasteiger partial charge in [0, 0.05) is 0 Å². The molecule has 0 aromatic rings. The highest BCUT2D eigenvalue weighted by atomic mass is 16.6. The summed E-state index contributed by atoms with van der Waals surface area (Å²) in [5.74, 6) is 0. The average Bonchev–Trinajstić information content (AvgIpc) is 2.59. The zero-order chi connectivity index (χ0) is 19.5. The maximum Gasteiger partial charge on any atom is 0.0945 e. The Morgan fingerprint density at radius 1 is 0.654 bits per heavy atom. The van der Waals surface area contributed by atoms with Gasteiger partial charge >= 0.3 is 0 Å². The predicted octanol–water partition coefficient (Wildman–Crippen LogP) is 7.38. The van der Waals surface area contributed by atoms with Gasteiger partial charge in [0.05, 0.1) is 23.4 Å². The van der Waals surface area contributed by atoms with E-state index in [1.165, 1.54) is 51.4 Å². The van der Waals surface area contributed by atoms with Crippen LogP contribution in [-0.2, 0) is 9.47 Å². The van der Waals surface area contributed by atoms with E-state index in [9.17, 15) is 0 Å². The third kappa shape index (κ3) is 7.19. The Bertz CT molecular complexity index is 367. The Morgan fingerprint density at radius 2 is 1.00 bits per heavy atom. The predicted molar refractivity (Wildman–Crippen MR) is 114 cm³/mol. The highest BCUT2D eigenvalue weighted by Gasteiger charge is 2.51. The van der Waals surface area contributed by atoms with Gasteiger partial charge in [-0.2, -0.15) is 0 Å². The Morgan fingerprint density at radius 3 is 1.35 bits per heavy atom. The zero-order valence-electron chi connectivity index (χ0n) is 18.0. The summed E-state index contributed by atoms with van der Waals surface area (Å²) in [7, 11) is 0. The molecular formula is C24H44O2. The molecular weight excluding hydrogens is 320 g/mol. The van der Waals surface area contributed by atoms with Gasteiger partial charge in [0.1, 0.15) is 0 Å². The maximum atomic E-state index is 6.57. The van der Waals surface area contributed by atoms with Crippen molar-refractivity contribution < 1.29 is 9.47 Å². The fourth-order valence-corrected chi connectivity index (χ4v) is 4.12. The summed E-state index contributed by atoms with van der Waals surface area (Å²) in [5, 5.41) is 0. The summed E-state index contributed by atoms with van der Waals surface area (Å²) in [6, 6.07) is 0. The molecule has 0 aromatic carbocycles. The quantitative estimate of drug-likeness (QED) is 0.236. The molecule has 4 unspecified atom stereocenters. The van der Waals surface area contributed by atoms with Crippen molar-refractivity contribution in [2.75, 3.05) is 0 Å². The third-order valence-corrected chi connectivity index (χ3v) is 6.30. The van der Waals surface area contributed by atoms with Gasteiger partial charge in [-0.25, -0.2) is 0 Å². The van der Waals surface area contributed by atoms with Crippen molar-refractivity contribution in [1.29, 1.82) is 0 Å². The molecule has 0 aromatic heterocycles. The molecule has 0 saturated carbocycles. The van der Waals surface area contributed by atoms with Crippen LogP contribution in [0.25, 0.3) is 0 Å². The molecule has 0 N–H and O–H groups in total.